The van der Waals surface area contributed by atoms with E-state index in [1.807, 2.05) is 24.3 Å². The number of benzene rings is 1. The molecule has 0 unspecified atom stereocenters. The number of nitrogens with zero attached hydrogens (tertiary/aromatic N) is 3. The first-order valence-corrected chi connectivity index (χ1v) is 6.69. The lowest BCUT2D eigenvalue weighted by molar-refractivity contribution is -0.127. The third-order valence-electron chi connectivity index (χ3n) is 3.38. The normalized spacial score (nSPS) is 10.8. The van der Waals surface area contributed by atoms with E-state index in [1.165, 1.54) is 0 Å². The zero-order chi connectivity index (χ0) is 14.7. The van der Waals surface area contributed by atoms with E-state index < -0.39 is 0 Å². The molecule has 106 valence electrons. The number of rotatable bonds is 4. The molecule has 0 aliphatic carbocycles. The smallest absolute Gasteiger partial charge is 0.229 e. The highest BCUT2D eigenvalue weighted by molar-refractivity contribution is 5.89. The molecule has 0 saturated heterocycles. The van der Waals surface area contributed by atoms with Gasteiger partial charge in [-0.3, -0.25) is 14.2 Å². The van der Waals surface area contributed by atoms with Gasteiger partial charge in [-0.1, -0.05) is 12.1 Å². The fourth-order valence-corrected chi connectivity index (χ4v) is 2.23. The van der Waals surface area contributed by atoms with Crippen molar-refractivity contribution < 1.29 is 9.59 Å². The molecule has 0 fully saturated rings. The molecule has 0 radical (unpaired) electrons. The number of imidazole rings is 1. The monoisotopic (exact) mass is 273 g/mol. The van der Waals surface area contributed by atoms with Crippen LogP contribution in [0.3, 0.4) is 0 Å². The van der Waals surface area contributed by atoms with Crippen LogP contribution < -0.4 is 0 Å². The molecule has 1 aromatic heterocycles. The highest BCUT2D eigenvalue weighted by Crippen LogP contribution is 2.17. The van der Waals surface area contributed by atoms with Crippen LogP contribution in [0.2, 0.25) is 0 Å². The number of hydrogen-bond acceptors (Lipinski definition) is 3. The highest BCUT2D eigenvalue weighted by atomic mass is 16.2. The number of aryl methyl sites for hydroxylation is 1. The summed E-state index contributed by atoms with van der Waals surface area (Å²) >= 11 is 0. The minimum atomic E-state index is -0.0337. The van der Waals surface area contributed by atoms with Crippen molar-refractivity contribution in [3.8, 4) is 0 Å². The Bertz CT molecular complexity index is 646. The molecule has 2 rings (SSSR count). The summed E-state index contributed by atoms with van der Waals surface area (Å²) in [7, 11) is 1.77. The van der Waals surface area contributed by atoms with Gasteiger partial charge in [0, 0.05) is 33.9 Å². The maximum Gasteiger partial charge on any atom is 0.229 e. The third-order valence-corrected chi connectivity index (χ3v) is 3.38. The topological polar surface area (TPSA) is 55.2 Å². The average Bonchev–Trinajstić information content (AvgIpc) is 2.76. The average molecular weight is 273 g/mol. The molecule has 2 aromatic rings. The zero-order valence-corrected chi connectivity index (χ0v) is 12.1. The summed E-state index contributed by atoms with van der Waals surface area (Å²) in [6, 6.07) is 7.61. The first-order valence-electron chi connectivity index (χ1n) is 6.69. The molecular formula is C15H19N3O2. The Morgan fingerprint density at radius 1 is 1.25 bits per heavy atom. The van der Waals surface area contributed by atoms with Crippen molar-refractivity contribution in [1.29, 1.82) is 0 Å². The van der Waals surface area contributed by atoms with E-state index >= 15 is 0 Å². The van der Waals surface area contributed by atoms with Crippen LogP contribution in [-0.2, 0) is 11.2 Å². The molecule has 1 heterocycles. The Kier molecular flexibility index (Phi) is 4.17. The van der Waals surface area contributed by atoms with E-state index in [1.54, 1.807) is 30.4 Å². The van der Waals surface area contributed by atoms with Crippen molar-refractivity contribution in [2.45, 2.75) is 26.7 Å². The van der Waals surface area contributed by atoms with Gasteiger partial charge in [-0.05, 0) is 18.6 Å². The molecule has 0 bridgehead atoms. The second-order valence-electron chi connectivity index (χ2n) is 4.92. The fraction of sp³-hybridized carbons (Fsp3) is 0.400. The number of aromatic nitrogens is 2. The van der Waals surface area contributed by atoms with Crippen molar-refractivity contribution >= 4 is 22.8 Å². The quantitative estimate of drug-likeness (QED) is 0.857. The van der Waals surface area contributed by atoms with E-state index in [2.05, 4.69) is 4.98 Å². The molecule has 0 atom stereocenters. The first kappa shape index (κ1) is 14.2. The fourth-order valence-electron chi connectivity index (χ4n) is 2.23. The lowest BCUT2D eigenvalue weighted by atomic mass is 10.2. The number of amides is 1. The lowest BCUT2D eigenvalue weighted by Gasteiger charge is -2.14. The molecule has 1 aromatic carbocycles. The predicted octanol–water partition coefficient (Wildman–Crippen LogP) is 2.11. The van der Waals surface area contributed by atoms with Gasteiger partial charge >= 0.3 is 0 Å². The summed E-state index contributed by atoms with van der Waals surface area (Å²) < 4.78 is 1.66. The summed E-state index contributed by atoms with van der Waals surface area (Å²) in [5, 5.41) is 0. The molecule has 1 amide bonds. The molecule has 0 spiro atoms. The van der Waals surface area contributed by atoms with Gasteiger partial charge in [0.2, 0.25) is 11.8 Å². The van der Waals surface area contributed by atoms with E-state index in [-0.39, 0.29) is 11.8 Å². The third kappa shape index (κ3) is 2.87. The minimum absolute atomic E-state index is 0.0337. The molecule has 20 heavy (non-hydrogen) atoms. The molecule has 5 heteroatoms. The highest BCUT2D eigenvalue weighted by Gasteiger charge is 2.13. The van der Waals surface area contributed by atoms with Gasteiger partial charge in [0.15, 0.2) is 0 Å². The van der Waals surface area contributed by atoms with E-state index in [9.17, 15) is 9.59 Å². The maximum absolute atomic E-state index is 11.8. The summed E-state index contributed by atoms with van der Waals surface area (Å²) in [6.45, 7) is 3.75. The summed E-state index contributed by atoms with van der Waals surface area (Å²) in [5.41, 5.74) is 1.67. The largest absolute Gasteiger partial charge is 0.346 e. The molecule has 5 nitrogen and oxygen atoms in total. The van der Waals surface area contributed by atoms with Gasteiger partial charge < -0.3 is 4.90 Å². The van der Waals surface area contributed by atoms with E-state index in [4.69, 9.17) is 0 Å². The van der Waals surface area contributed by atoms with Crippen LogP contribution in [0.5, 0.6) is 0 Å². The summed E-state index contributed by atoms with van der Waals surface area (Å²) in [4.78, 5) is 29.1. The van der Waals surface area contributed by atoms with Gasteiger partial charge in [0.1, 0.15) is 5.82 Å². The van der Waals surface area contributed by atoms with Crippen molar-refractivity contribution in [3.63, 3.8) is 0 Å². The zero-order valence-electron chi connectivity index (χ0n) is 12.1. The standard InChI is InChI=1S/C15H19N3O2/c1-11(19)17(3)10-6-9-15-16-13-7-4-5-8-14(13)18(15)12(2)20/h4-5,7-8H,6,9-10H2,1-3H3. The van der Waals surface area contributed by atoms with E-state index in [0.717, 1.165) is 23.3 Å². The van der Waals surface area contributed by atoms with Crippen LogP contribution in [0.25, 0.3) is 11.0 Å². The Balaban J connectivity index is 2.19. The molecular weight excluding hydrogens is 254 g/mol. The minimum Gasteiger partial charge on any atom is -0.346 e. The van der Waals surface area contributed by atoms with Crippen LogP contribution in [0, 0.1) is 0 Å². The lowest BCUT2D eigenvalue weighted by Crippen LogP contribution is -2.25. The molecule has 0 saturated carbocycles. The Morgan fingerprint density at radius 3 is 2.60 bits per heavy atom. The van der Waals surface area contributed by atoms with Gasteiger partial charge in [0.25, 0.3) is 0 Å². The van der Waals surface area contributed by atoms with Crippen molar-refractivity contribution in [1.82, 2.24) is 14.5 Å². The van der Waals surface area contributed by atoms with Gasteiger partial charge in [-0.2, -0.15) is 0 Å². The van der Waals surface area contributed by atoms with Crippen molar-refractivity contribution in [3.05, 3.63) is 30.1 Å². The molecule has 0 aliphatic rings. The Labute approximate surface area is 118 Å². The number of fused-ring (bicyclic) bond motifs is 1. The van der Waals surface area contributed by atoms with Crippen LogP contribution in [0.15, 0.2) is 24.3 Å². The van der Waals surface area contributed by atoms with Crippen LogP contribution in [-0.4, -0.2) is 39.9 Å². The Morgan fingerprint density at radius 2 is 1.95 bits per heavy atom. The summed E-state index contributed by atoms with van der Waals surface area (Å²) in [5.74, 6) is 0.773. The number of carbonyl (C=O) groups excluding carboxylic acids is 2. The second-order valence-corrected chi connectivity index (χ2v) is 4.92. The van der Waals surface area contributed by atoms with Crippen LogP contribution in [0.4, 0.5) is 0 Å². The van der Waals surface area contributed by atoms with Gasteiger partial charge in [0.05, 0.1) is 11.0 Å². The number of carbonyl (C=O) groups is 2. The summed E-state index contributed by atoms with van der Waals surface area (Å²) in [6.07, 6.45) is 1.46. The maximum atomic E-state index is 11.8. The second kappa shape index (κ2) is 5.86. The van der Waals surface area contributed by atoms with Crippen molar-refractivity contribution in [2.75, 3.05) is 13.6 Å². The van der Waals surface area contributed by atoms with Crippen molar-refractivity contribution in [2.24, 2.45) is 0 Å². The predicted molar refractivity (Wildman–Crippen MR) is 77.7 cm³/mol. The Hall–Kier alpha value is -2.17. The van der Waals surface area contributed by atoms with Gasteiger partial charge in [-0.25, -0.2) is 4.98 Å². The van der Waals surface area contributed by atoms with Crippen LogP contribution >= 0.6 is 0 Å². The SMILES string of the molecule is CC(=O)N(C)CCCc1nc2ccccc2n1C(C)=O. The van der Waals surface area contributed by atoms with E-state index in [0.29, 0.717) is 13.0 Å². The molecule has 0 N–H and O–H groups in total. The first-order chi connectivity index (χ1) is 9.50. The number of para-hydroxylation sites is 2. The van der Waals surface area contributed by atoms with Crippen LogP contribution in [0.1, 0.15) is 30.9 Å². The molecule has 0 aliphatic heterocycles. The van der Waals surface area contributed by atoms with Gasteiger partial charge in [-0.15, -0.1) is 0 Å². The number of hydrogen-bond donors (Lipinski definition) is 0.